The first-order valence-corrected chi connectivity index (χ1v) is 5.87. The zero-order valence-electron chi connectivity index (χ0n) is 9.07. The topological polar surface area (TPSA) is 65.4 Å². The Hall–Kier alpha value is -1.87. The minimum atomic E-state index is -0.397. The van der Waals surface area contributed by atoms with Crippen molar-refractivity contribution in [3.8, 4) is 6.07 Å². The molecule has 6 heteroatoms. The molecule has 4 nitrogen and oxygen atoms in total. The number of rotatable bonds is 3. The van der Waals surface area contributed by atoms with E-state index in [0.717, 1.165) is 11.4 Å². The van der Waals surface area contributed by atoms with Gasteiger partial charge >= 0.3 is 0 Å². The van der Waals surface area contributed by atoms with Crippen LogP contribution in [0.1, 0.15) is 17.0 Å². The van der Waals surface area contributed by atoms with Crippen molar-refractivity contribution in [1.82, 2.24) is 15.2 Å². The van der Waals surface area contributed by atoms with E-state index in [1.807, 2.05) is 13.0 Å². The number of aryl methyl sites for hydroxylation is 1. The van der Waals surface area contributed by atoms with Gasteiger partial charge in [0.1, 0.15) is 11.6 Å². The number of nitriles is 1. The maximum Gasteiger partial charge on any atom is 0.208 e. The molecule has 0 aliphatic rings. The molecule has 0 unspecified atom stereocenters. The van der Waals surface area contributed by atoms with E-state index in [-0.39, 0.29) is 0 Å². The molecule has 0 aliphatic heterocycles. The molecular weight excluding hydrogens is 239 g/mol. The SMILES string of the molecule is Cc1nc(SCc2cc(F)cc(C#N)c2)n[nH]1. The molecule has 2 aromatic rings. The summed E-state index contributed by atoms with van der Waals surface area (Å²) in [6.45, 7) is 1.81. The molecule has 0 saturated heterocycles. The van der Waals surface area contributed by atoms with E-state index in [9.17, 15) is 4.39 Å². The van der Waals surface area contributed by atoms with Gasteiger partial charge in [0.15, 0.2) is 0 Å². The average molecular weight is 248 g/mol. The van der Waals surface area contributed by atoms with Crippen molar-refractivity contribution in [2.75, 3.05) is 0 Å². The molecule has 1 aromatic carbocycles. The second-order valence-corrected chi connectivity index (χ2v) is 4.39. The molecule has 86 valence electrons. The fourth-order valence-electron chi connectivity index (χ4n) is 1.33. The minimum Gasteiger partial charge on any atom is -0.262 e. The summed E-state index contributed by atoms with van der Waals surface area (Å²) in [4.78, 5) is 4.13. The van der Waals surface area contributed by atoms with Crippen molar-refractivity contribution >= 4 is 11.8 Å². The second-order valence-electron chi connectivity index (χ2n) is 3.45. The van der Waals surface area contributed by atoms with Gasteiger partial charge in [-0.1, -0.05) is 11.8 Å². The zero-order chi connectivity index (χ0) is 12.3. The Balaban J connectivity index is 2.09. The lowest BCUT2D eigenvalue weighted by Crippen LogP contribution is -1.87. The predicted molar refractivity (Wildman–Crippen MR) is 61.8 cm³/mol. The van der Waals surface area contributed by atoms with E-state index in [1.165, 1.54) is 23.9 Å². The predicted octanol–water partition coefficient (Wildman–Crippen LogP) is 2.42. The smallest absolute Gasteiger partial charge is 0.208 e. The summed E-state index contributed by atoms with van der Waals surface area (Å²) >= 11 is 1.39. The lowest BCUT2D eigenvalue weighted by molar-refractivity contribution is 0.626. The van der Waals surface area contributed by atoms with Crippen molar-refractivity contribution in [1.29, 1.82) is 5.26 Å². The Kier molecular flexibility index (Phi) is 3.40. The molecule has 0 radical (unpaired) electrons. The molecule has 0 saturated carbocycles. The monoisotopic (exact) mass is 248 g/mol. The maximum absolute atomic E-state index is 13.1. The quantitative estimate of drug-likeness (QED) is 0.847. The van der Waals surface area contributed by atoms with E-state index in [4.69, 9.17) is 5.26 Å². The van der Waals surface area contributed by atoms with Crippen LogP contribution in [0.25, 0.3) is 0 Å². The third-order valence-corrected chi connectivity index (χ3v) is 2.95. The van der Waals surface area contributed by atoms with Crippen LogP contribution in [0.4, 0.5) is 4.39 Å². The fourth-order valence-corrected chi connectivity index (χ4v) is 2.11. The summed E-state index contributed by atoms with van der Waals surface area (Å²) in [5.74, 6) is 0.874. The Morgan fingerprint density at radius 1 is 1.47 bits per heavy atom. The Bertz CT molecular complexity index is 573. The highest BCUT2D eigenvalue weighted by Crippen LogP contribution is 2.20. The number of H-pyrrole nitrogens is 1. The summed E-state index contributed by atoms with van der Waals surface area (Å²) in [5.41, 5.74) is 1.07. The molecule has 1 N–H and O–H groups in total. The summed E-state index contributed by atoms with van der Waals surface area (Å²) in [6, 6.07) is 6.21. The largest absolute Gasteiger partial charge is 0.262 e. The Labute approximate surface area is 102 Å². The molecule has 17 heavy (non-hydrogen) atoms. The van der Waals surface area contributed by atoms with Crippen LogP contribution >= 0.6 is 11.8 Å². The standard InChI is InChI=1S/C11H9FN4S/c1-7-14-11(16-15-7)17-6-9-2-8(5-13)3-10(12)4-9/h2-4H,6H2,1H3,(H,14,15,16). The summed E-state index contributed by atoms with van der Waals surface area (Å²) in [7, 11) is 0. The number of nitrogens with one attached hydrogen (secondary N) is 1. The van der Waals surface area contributed by atoms with Gasteiger partial charge in [0.25, 0.3) is 0 Å². The zero-order valence-corrected chi connectivity index (χ0v) is 9.88. The minimum absolute atomic E-state index is 0.326. The highest BCUT2D eigenvalue weighted by molar-refractivity contribution is 7.98. The number of benzene rings is 1. The number of hydrogen-bond acceptors (Lipinski definition) is 4. The van der Waals surface area contributed by atoms with Gasteiger partial charge in [-0.2, -0.15) is 5.26 Å². The number of thioether (sulfide) groups is 1. The maximum atomic E-state index is 13.1. The van der Waals surface area contributed by atoms with Crippen molar-refractivity contribution in [2.45, 2.75) is 17.8 Å². The van der Waals surface area contributed by atoms with Crippen LogP contribution in [0, 0.1) is 24.1 Å². The molecule has 0 bridgehead atoms. The number of aromatic nitrogens is 3. The Morgan fingerprint density at radius 3 is 2.94 bits per heavy atom. The fraction of sp³-hybridized carbons (Fsp3) is 0.182. The van der Waals surface area contributed by atoms with E-state index >= 15 is 0 Å². The molecule has 0 atom stereocenters. The van der Waals surface area contributed by atoms with Crippen LogP contribution in [0.15, 0.2) is 23.4 Å². The number of hydrogen-bond donors (Lipinski definition) is 1. The average Bonchev–Trinajstić information content (AvgIpc) is 2.72. The summed E-state index contributed by atoms with van der Waals surface area (Å²) in [5, 5.41) is 16.0. The molecule has 2 rings (SSSR count). The first-order valence-electron chi connectivity index (χ1n) is 4.89. The van der Waals surface area contributed by atoms with Crippen LogP contribution < -0.4 is 0 Å². The molecular formula is C11H9FN4S. The second kappa shape index (κ2) is 4.97. The van der Waals surface area contributed by atoms with Crippen molar-refractivity contribution in [3.63, 3.8) is 0 Å². The highest BCUT2D eigenvalue weighted by Gasteiger charge is 2.04. The lowest BCUT2D eigenvalue weighted by atomic mass is 10.1. The van der Waals surface area contributed by atoms with Gasteiger partial charge in [-0.25, -0.2) is 9.37 Å². The van der Waals surface area contributed by atoms with E-state index < -0.39 is 5.82 Å². The third-order valence-electron chi connectivity index (χ3n) is 2.03. The van der Waals surface area contributed by atoms with Gasteiger partial charge in [0, 0.05) is 5.75 Å². The van der Waals surface area contributed by atoms with Crippen LogP contribution in [-0.4, -0.2) is 15.2 Å². The van der Waals surface area contributed by atoms with Gasteiger partial charge < -0.3 is 0 Å². The van der Waals surface area contributed by atoms with Gasteiger partial charge in [-0.3, -0.25) is 5.10 Å². The van der Waals surface area contributed by atoms with Gasteiger partial charge in [0.2, 0.25) is 5.16 Å². The molecule has 0 amide bonds. The number of aromatic amines is 1. The molecule has 0 aliphatic carbocycles. The van der Waals surface area contributed by atoms with E-state index in [2.05, 4.69) is 15.2 Å². The van der Waals surface area contributed by atoms with Gasteiger partial charge in [-0.05, 0) is 30.7 Å². The normalized spacial score (nSPS) is 10.2. The van der Waals surface area contributed by atoms with Crippen molar-refractivity contribution in [3.05, 3.63) is 41.0 Å². The van der Waals surface area contributed by atoms with E-state index in [0.29, 0.717) is 16.5 Å². The van der Waals surface area contributed by atoms with Crippen LogP contribution in [0.5, 0.6) is 0 Å². The first kappa shape index (κ1) is 11.6. The molecule has 0 fully saturated rings. The molecule has 1 aromatic heterocycles. The first-order chi connectivity index (χ1) is 8.17. The van der Waals surface area contributed by atoms with Crippen molar-refractivity contribution < 1.29 is 4.39 Å². The van der Waals surface area contributed by atoms with Crippen LogP contribution in [0.2, 0.25) is 0 Å². The lowest BCUT2D eigenvalue weighted by Gasteiger charge is -2.00. The highest BCUT2D eigenvalue weighted by atomic mass is 32.2. The summed E-state index contributed by atoms with van der Waals surface area (Å²) in [6.07, 6.45) is 0. The molecule has 1 heterocycles. The van der Waals surface area contributed by atoms with E-state index in [1.54, 1.807) is 6.07 Å². The molecule has 0 spiro atoms. The Morgan fingerprint density at radius 2 is 2.29 bits per heavy atom. The van der Waals surface area contributed by atoms with Crippen molar-refractivity contribution in [2.24, 2.45) is 0 Å². The van der Waals surface area contributed by atoms with Gasteiger partial charge in [0.05, 0.1) is 11.6 Å². The number of nitrogens with zero attached hydrogens (tertiary/aromatic N) is 3. The summed E-state index contributed by atoms with van der Waals surface area (Å²) < 4.78 is 13.1. The van der Waals surface area contributed by atoms with Crippen LogP contribution in [0.3, 0.4) is 0 Å². The number of halogens is 1. The third kappa shape index (κ3) is 3.04. The van der Waals surface area contributed by atoms with Gasteiger partial charge in [-0.15, -0.1) is 5.10 Å². The van der Waals surface area contributed by atoms with Crippen LogP contribution in [-0.2, 0) is 5.75 Å².